The maximum absolute atomic E-state index is 5.12. The summed E-state index contributed by atoms with van der Waals surface area (Å²) in [4.78, 5) is 0. The summed E-state index contributed by atoms with van der Waals surface area (Å²) >= 11 is 1.45. The first kappa shape index (κ1) is 10.7. The molecular formula is C8H15NOS. The molecule has 0 spiro atoms. The second-order valence-electron chi connectivity index (χ2n) is 1.99. The van der Waals surface area contributed by atoms with Crippen LogP contribution in [0.15, 0.2) is 17.1 Å². The Hall–Kier alpha value is -0.280. The zero-order valence-electron chi connectivity index (χ0n) is 7.12. The summed E-state index contributed by atoms with van der Waals surface area (Å²) in [6, 6.07) is 0. The fraction of sp³-hybridized carbons (Fsp3) is 0.625. The third kappa shape index (κ3) is 6.13. The van der Waals surface area contributed by atoms with E-state index in [0.29, 0.717) is 0 Å². The molecule has 0 aliphatic heterocycles. The topological polar surface area (TPSA) is 21.6 Å². The minimum atomic E-state index is 0.121. The van der Waals surface area contributed by atoms with Crippen LogP contribution in [0.1, 0.15) is 19.8 Å². The Labute approximate surface area is 72.9 Å². The highest BCUT2D eigenvalue weighted by atomic mass is 32.2. The third-order valence-corrected chi connectivity index (χ3v) is 1.95. The zero-order chi connectivity index (χ0) is 8.53. The van der Waals surface area contributed by atoms with Gasteiger partial charge in [0.05, 0.1) is 0 Å². The van der Waals surface area contributed by atoms with Gasteiger partial charge >= 0.3 is 0 Å². The van der Waals surface area contributed by atoms with Gasteiger partial charge in [-0.05, 0) is 6.42 Å². The Bertz CT molecular complexity index is 125. The quantitative estimate of drug-likeness (QED) is 0.266. The van der Waals surface area contributed by atoms with Crippen LogP contribution in [0.3, 0.4) is 0 Å². The first-order valence-corrected chi connectivity index (χ1v) is 4.50. The van der Waals surface area contributed by atoms with Crippen LogP contribution in [-0.2, 0) is 4.74 Å². The van der Waals surface area contributed by atoms with Gasteiger partial charge in [0.25, 0.3) is 0 Å². The van der Waals surface area contributed by atoms with Crippen LogP contribution < -0.4 is 0 Å². The maximum atomic E-state index is 5.12. The van der Waals surface area contributed by atoms with E-state index in [9.17, 15) is 0 Å². The van der Waals surface area contributed by atoms with Crippen molar-refractivity contribution in [2.24, 2.45) is 4.40 Å². The van der Waals surface area contributed by atoms with Crippen LogP contribution in [0.5, 0.6) is 0 Å². The smallest absolute Gasteiger partial charge is 0.127 e. The number of nitrogens with zero attached hydrogens (tertiary/aromatic N) is 1. The van der Waals surface area contributed by atoms with E-state index in [1.807, 2.05) is 12.3 Å². The van der Waals surface area contributed by atoms with Crippen molar-refractivity contribution in [1.82, 2.24) is 0 Å². The molecule has 0 aliphatic rings. The Morgan fingerprint density at radius 1 is 1.73 bits per heavy atom. The molecule has 3 heteroatoms. The van der Waals surface area contributed by atoms with Gasteiger partial charge in [0.1, 0.15) is 5.44 Å². The lowest BCUT2D eigenvalue weighted by atomic mass is 10.4. The lowest BCUT2D eigenvalue weighted by molar-refractivity contribution is 0.176. The van der Waals surface area contributed by atoms with Gasteiger partial charge in [-0.25, -0.2) is 4.40 Å². The molecule has 0 heterocycles. The second kappa shape index (κ2) is 7.82. The third-order valence-electron chi connectivity index (χ3n) is 1.06. The van der Waals surface area contributed by atoms with Gasteiger partial charge in [-0.2, -0.15) is 0 Å². The molecule has 11 heavy (non-hydrogen) atoms. The van der Waals surface area contributed by atoms with Crippen LogP contribution >= 0.6 is 11.9 Å². The average Bonchev–Trinajstić information content (AvgIpc) is 2.03. The fourth-order valence-electron chi connectivity index (χ4n) is 0.504. The molecule has 64 valence electrons. The summed E-state index contributed by atoms with van der Waals surface area (Å²) in [7, 11) is 1.68. The van der Waals surface area contributed by atoms with E-state index in [4.69, 9.17) is 4.74 Å². The number of hydrogen-bond acceptors (Lipinski definition) is 3. The van der Waals surface area contributed by atoms with Crippen molar-refractivity contribution in [2.45, 2.75) is 25.2 Å². The van der Waals surface area contributed by atoms with E-state index in [-0.39, 0.29) is 5.44 Å². The number of ether oxygens (including phenoxy) is 1. The lowest BCUT2D eigenvalue weighted by Crippen LogP contribution is -2.01. The molecule has 0 N–H and O–H groups in total. The van der Waals surface area contributed by atoms with E-state index in [2.05, 4.69) is 17.9 Å². The van der Waals surface area contributed by atoms with Crippen LogP contribution in [0, 0.1) is 0 Å². The van der Waals surface area contributed by atoms with Crippen molar-refractivity contribution in [3.05, 3.63) is 12.7 Å². The van der Waals surface area contributed by atoms with E-state index in [1.165, 1.54) is 11.9 Å². The molecule has 1 atom stereocenters. The van der Waals surface area contributed by atoms with E-state index < -0.39 is 0 Å². The Balaban J connectivity index is 3.50. The van der Waals surface area contributed by atoms with Gasteiger partial charge in [-0.3, -0.25) is 0 Å². The van der Waals surface area contributed by atoms with Crippen molar-refractivity contribution in [3.63, 3.8) is 0 Å². The monoisotopic (exact) mass is 173 g/mol. The molecule has 0 radical (unpaired) electrons. The largest absolute Gasteiger partial charge is 0.369 e. The van der Waals surface area contributed by atoms with Crippen LogP contribution in [0.25, 0.3) is 0 Å². The fourth-order valence-corrected chi connectivity index (χ4v) is 1.18. The number of hydrogen-bond donors (Lipinski definition) is 0. The van der Waals surface area contributed by atoms with Crippen LogP contribution in [-0.4, -0.2) is 18.8 Å². The molecule has 0 rings (SSSR count). The maximum Gasteiger partial charge on any atom is 0.127 e. The zero-order valence-corrected chi connectivity index (χ0v) is 7.93. The number of methoxy groups -OCH3 is 1. The SMILES string of the molecule is C=CCC(OC)SN=CCC. The first-order chi connectivity index (χ1) is 5.35. The Morgan fingerprint density at radius 3 is 2.91 bits per heavy atom. The van der Waals surface area contributed by atoms with Crippen molar-refractivity contribution in [2.75, 3.05) is 7.11 Å². The first-order valence-electron chi connectivity index (χ1n) is 3.66. The predicted molar refractivity (Wildman–Crippen MR) is 52.0 cm³/mol. The minimum Gasteiger partial charge on any atom is -0.369 e. The molecule has 0 saturated heterocycles. The summed E-state index contributed by atoms with van der Waals surface area (Å²) < 4.78 is 9.21. The standard InChI is InChI=1S/C8H15NOS/c1-4-6-8(10-3)11-9-7-5-2/h4,7-8H,1,5-6H2,2-3H3. The lowest BCUT2D eigenvalue weighted by Gasteiger charge is -2.07. The Kier molecular flexibility index (Phi) is 7.62. The average molecular weight is 173 g/mol. The molecule has 0 saturated carbocycles. The van der Waals surface area contributed by atoms with Crippen molar-refractivity contribution in [1.29, 1.82) is 0 Å². The molecular weight excluding hydrogens is 158 g/mol. The molecule has 0 aromatic rings. The highest BCUT2D eigenvalue weighted by molar-refractivity contribution is 7.98. The summed E-state index contributed by atoms with van der Waals surface area (Å²) in [6.45, 7) is 5.69. The second-order valence-corrected chi connectivity index (χ2v) is 2.94. The molecule has 0 aromatic heterocycles. The minimum absolute atomic E-state index is 0.121. The molecule has 0 bridgehead atoms. The Morgan fingerprint density at radius 2 is 2.45 bits per heavy atom. The van der Waals surface area contributed by atoms with E-state index in [1.54, 1.807) is 7.11 Å². The van der Waals surface area contributed by atoms with Gasteiger partial charge in [-0.1, -0.05) is 13.0 Å². The van der Waals surface area contributed by atoms with Crippen molar-refractivity contribution in [3.8, 4) is 0 Å². The predicted octanol–water partition coefficient (Wildman–Crippen LogP) is 2.66. The van der Waals surface area contributed by atoms with Crippen LogP contribution in [0.2, 0.25) is 0 Å². The normalized spacial score (nSPS) is 13.6. The highest BCUT2D eigenvalue weighted by Gasteiger charge is 2.02. The summed E-state index contributed by atoms with van der Waals surface area (Å²) in [5, 5.41) is 0. The van der Waals surface area contributed by atoms with Gasteiger partial charge in [0.15, 0.2) is 0 Å². The van der Waals surface area contributed by atoms with Gasteiger partial charge in [0, 0.05) is 31.7 Å². The van der Waals surface area contributed by atoms with Gasteiger partial charge in [0.2, 0.25) is 0 Å². The van der Waals surface area contributed by atoms with E-state index >= 15 is 0 Å². The summed E-state index contributed by atoms with van der Waals surface area (Å²) in [5.41, 5.74) is 0.121. The molecule has 2 nitrogen and oxygen atoms in total. The molecule has 0 fully saturated rings. The number of rotatable bonds is 6. The highest BCUT2D eigenvalue weighted by Crippen LogP contribution is 2.16. The molecule has 0 aromatic carbocycles. The summed E-state index contributed by atoms with van der Waals surface area (Å²) in [5.74, 6) is 0. The van der Waals surface area contributed by atoms with E-state index in [0.717, 1.165) is 12.8 Å². The van der Waals surface area contributed by atoms with Gasteiger partial charge < -0.3 is 4.74 Å². The van der Waals surface area contributed by atoms with Crippen LogP contribution in [0.4, 0.5) is 0 Å². The van der Waals surface area contributed by atoms with Crippen molar-refractivity contribution >= 4 is 18.2 Å². The molecule has 0 amide bonds. The molecule has 0 aliphatic carbocycles. The van der Waals surface area contributed by atoms with Gasteiger partial charge in [-0.15, -0.1) is 6.58 Å². The molecule has 1 unspecified atom stereocenters. The summed E-state index contributed by atoms with van der Waals surface area (Å²) in [6.07, 6.45) is 5.52. The van der Waals surface area contributed by atoms with Crippen molar-refractivity contribution < 1.29 is 4.74 Å².